The van der Waals surface area contributed by atoms with E-state index in [-0.39, 0.29) is 48.3 Å². The van der Waals surface area contributed by atoms with Gasteiger partial charge >= 0.3 is 5.97 Å². The molecule has 0 aromatic carbocycles. The Balaban J connectivity index is 0.00000441. The van der Waals surface area contributed by atoms with Crippen molar-refractivity contribution >= 4 is 41.8 Å². The lowest BCUT2D eigenvalue weighted by atomic mass is 9.97. The molecule has 0 aliphatic carbocycles. The van der Waals surface area contributed by atoms with Crippen LogP contribution < -0.4 is 10.6 Å². The number of carbonyl (C=O) groups excluding carboxylic acids is 2. The molecule has 0 bridgehead atoms. The summed E-state index contributed by atoms with van der Waals surface area (Å²) in [5, 5.41) is 5.86. The molecule has 1 heterocycles. The predicted octanol–water partition coefficient (Wildman–Crippen LogP) is 0.591. The van der Waals surface area contributed by atoms with E-state index in [2.05, 4.69) is 20.5 Å². The highest BCUT2D eigenvalue weighted by molar-refractivity contribution is 14.0. The molecule has 7 nitrogen and oxygen atoms in total. The minimum Gasteiger partial charge on any atom is -0.469 e. The van der Waals surface area contributed by atoms with Crippen molar-refractivity contribution in [2.75, 3.05) is 40.3 Å². The van der Waals surface area contributed by atoms with E-state index in [1.165, 1.54) is 7.11 Å². The van der Waals surface area contributed by atoms with Crippen molar-refractivity contribution in [1.82, 2.24) is 15.5 Å². The van der Waals surface area contributed by atoms with E-state index in [0.29, 0.717) is 12.5 Å². The number of halogens is 1. The molecular formula is C14H27IN4O3. The average molecular weight is 426 g/mol. The SMILES string of the molecule is CCCNC(=O)CNC(=NC)N1CCC(C(=O)OC)CC1.I. The number of hydrogen-bond acceptors (Lipinski definition) is 4. The van der Waals surface area contributed by atoms with Gasteiger partial charge in [-0.15, -0.1) is 24.0 Å². The highest BCUT2D eigenvalue weighted by Crippen LogP contribution is 2.18. The van der Waals surface area contributed by atoms with Gasteiger partial charge in [0, 0.05) is 26.7 Å². The van der Waals surface area contributed by atoms with Gasteiger partial charge in [0.15, 0.2) is 5.96 Å². The molecular weight excluding hydrogens is 399 g/mol. The Morgan fingerprint density at radius 1 is 1.27 bits per heavy atom. The summed E-state index contributed by atoms with van der Waals surface area (Å²) in [7, 11) is 3.11. The number of ether oxygens (including phenoxy) is 1. The van der Waals surface area contributed by atoms with Crippen molar-refractivity contribution in [3.8, 4) is 0 Å². The Bertz CT molecular complexity index is 382. The summed E-state index contributed by atoms with van der Waals surface area (Å²) in [6.07, 6.45) is 2.41. The molecule has 128 valence electrons. The number of carbonyl (C=O) groups is 2. The van der Waals surface area contributed by atoms with Crippen LogP contribution in [0, 0.1) is 5.92 Å². The van der Waals surface area contributed by atoms with Gasteiger partial charge in [-0.3, -0.25) is 14.6 Å². The highest BCUT2D eigenvalue weighted by atomic mass is 127. The van der Waals surface area contributed by atoms with Crippen LogP contribution in [0.3, 0.4) is 0 Å². The number of likely N-dealkylation sites (tertiary alicyclic amines) is 1. The van der Waals surface area contributed by atoms with E-state index in [4.69, 9.17) is 4.74 Å². The van der Waals surface area contributed by atoms with Crippen LogP contribution in [0.1, 0.15) is 26.2 Å². The Morgan fingerprint density at radius 2 is 1.91 bits per heavy atom. The van der Waals surface area contributed by atoms with Gasteiger partial charge in [-0.25, -0.2) is 0 Å². The zero-order chi connectivity index (χ0) is 15.7. The fourth-order valence-corrected chi connectivity index (χ4v) is 2.31. The quantitative estimate of drug-likeness (QED) is 0.291. The summed E-state index contributed by atoms with van der Waals surface area (Å²) in [5.74, 6) is 0.487. The average Bonchev–Trinajstić information content (AvgIpc) is 2.53. The van der Waals surface area contributed by atoms with Crippen LogP contribution in [0.25, 0.3) is 0 Å². The van der Waals surface area contributed by atoms with Gasteiger partial charge < -0.3 is 20.3 Å². The number of methoxy groups -OCH3 is 1. The molecule has 0 unspecified atom stereocenters. The third-order valence-corrected chi connectivity index (χ3v) is 3.52. The maximum Gasteiger partial charge on any atom is 0.308 e. The summed E-state index contributed by atoms with van der Waals surface area (Å²) in [6, 6.07) is 0. The van der Waals surface area contributed by atoms with Gasteiger partial charge in [0.05, 0.1) is 19.6 Å². The Hall–Kier alpha value is -1.06. The molecule has 1 rings (SSSR count). The van der Waals surface area contributed by atoms with E-state index in [1.807, 2.05) is 6.92 Å². The van der Waals surface area contributed by atoms with Crippen LogP contribution >= 0.6 is 24.0 Å². The topological polar surface area (TPSA) is 83.0 Å². The molecule has 0 aromatic heterocycles. The summed E-state index contributed by atoms with van der Waals surface area (Å²) in [4.78, 5) is 29.3. The fraction of sp³-hybridized carbons (Fsp3) is 0.786. The predicted molar refractivity (Wildman–Crippen MR) is 96.4 cm³/mol. The molecule has 1 aliphatic heterocycles. The number of hydrogen-bond donors (Lipinski definition) is 2. The van der Waals surface area contributed by atoms with Gasteiger partial charge in [-0.05, 0) is 19.3 Å². The molecule has 1 saturated heterocycles. The lowest BCUT2D eigenvalue weighted by Gasteiger charge is -2.33. The van der Waals surface area contributed by atoms with Crippen molar-refractivity contribution < 1.29 is 14.3 Å². The molecule has 2 N–H and O–H groups in total. The van der Waals surface area contributed by atoms with Gasteiger partial charge in [0.1, 0.15) is 0 Å². The summed E-state index contributed by atoms with van der Waals surface area (Å²) < 4.78 is 4.77. The largest absolute Gasteiger partial charge is 0.469 e. The van der Waals surface area contributed by atoms with Crippen LogP contribution in [0.5, 0.6) is 0 Å². The maximum absolute atomic E-state index is 11.6. The molecule has 0 saturated carbocycles. The molecule has 1 aliphatic rings. The third-order valence-electron chi connectivity index (χ3n) is 3.52. The number of nitrogens with one attached hydrogen (secondary N) is 2. The molecule has 1 amide bonds. The fourth-order valence-electron chi connectivity index (χ4n) is 2.31. The van der Waals surface area contributed by atoms with E-state index in [1.54, 1.807) is 7.05 Å². The monoisotopic (exact) mass is 426 g/mol. The number of aliphatic imine (C=N–C) groups is 1. The van der Waals surface area contributed by atoms with E-state index >= 15 is 0 Å². The van der Waals surface area contributed by atoms with Crippen LogP contribution in [0.15, 0.2) is 4.99 Å². The number of guanidine groups is 1. The molecule has 22 heavy (non-hydrogen) atoms. The first-order valence-electron chi connectivity index (χ1n) is 7.42. The molecule has 0 atom stereocenters. The number of amides is 1. The summed E-state index contributed by atoms with van der Waals surface area (Å²) in [6.45, 7) is 4.37. The third kappa shape index (κ3) is 6.80. The molecule has 0 spiro atoms. The number of nitrogens with zero attached hydrogens (tertiary/aromatic N) is 2. The van der Waals surface area contributed by atoms with Gasteiger partial charge in [0.25, 0.3) is 0 Å². The Kier molecular flexibility index (Phi) is 10.9. The van der Waals surface area contributed by atoms with Gasteiger partial charge in [0.2, 0.25) is 5.91 Å². The second-order valence-electron chi connectivity index (χ2n) is 5.04. The van der Waals surface area contributed by atoms with Crippen LogP contribution in [0.4, 0.5) is 0 Å². The number of esters is 1. The minimum atomic E-state index is -0.142. The van der Waals surface area contributed by atoms with Crippen molar-refractivity contribution in [2.24, 2.45) is 10.9 Å². The first-order valence-corrected chi connectivity index (χ1v) is 7.42. The van der Waals surface area contributed by atoms with Crippen molar-refractivity contribution in [3.05, 3.63) is 0 Å². The molecule has 1 fully saturated rings. The van der Waals surface area contributed by atoms with Crippen LogP contribution in [-0.2, 0) is 14.3 Å². The van der Waals surface area contributed by atoms with E-state index in [9.17, 15) is 9.59 Å². The first kappa shape index (κ1) is 20.9. The van der Waals surface area contributed by atoms with E-state index < -0.39 is 0 Å². The van der Waals surface area contributed by atoms with E-state index in [0.717, 1.165) is 32.4 Å². The lowest BCUT2D eigenvalue weighted by molar-refractivity contribution is -0.146. The lowest BCUT2D eigenvalue weighted by Crippen LogP contribution is -2.49. The number of rotatable bonds is 5. The van der Waals surface area contributed by atoms with Crippen LogP contribution in [-0.4, -0.2) is 63.1 Å². The van der Waals surface area contributed by atoms with Crippen molar-refractivity contribution in [1.29, 1.82) is 0 Å². The van der Waals surface area contributed by atoms with Crippen molar-refractivity contribution in [3.63, 3.8) is 0 Å². The summed E-state index contributed by atoms with van der Waals surface area (Å²) >= 11 is 0. The highest BCUT2D eigenvalue weighted by Gasteiger charge is 2.26. The van der Waals surface area contributed by atoms with Gasteiger partial charge in [-0.2, -0.15) is 0 Å². The first-order chi connectivity index (χ1) is 10.1. The van der Waals surface area contributed by atoms with Gasteiger partial charge in [-0.1, -0.05) is 6.92 Å². The zero-order valence-electron chi connectivity index (χ0n) is 13.6. The maximum atomic E-state index is 11.6. The smallest absolute Gasteiger partial charge is 0.308 e. The second kappa shape index (κ2) is 11.5. The number of piperidine rings is 1. The molecule has 0 radical (unpaired) electrons. The normalized spacial score (nSPS) is 15.8. The molecule has 8 heteroatoms. The second-order valence-corrected chi connectivity index (χ2v) is 5.04. The molecule has 0 aromatic rings. The Morgan fingerprint density at radius 3 is 2.41 bits per heavy atom. The van der Waals surface area contributed by atoms with Crippen molar-refractivity contribution in [2.45, 2.75) is 26.2 Å². The standard InChI is InChI=1S/C14H26N4O3.HI/c1-4-7-16-12(19)10-17-14(15-2)18-8-5-11(6-9-18)13(20)21-3;/h11H,4-10H2,1-3H3,(H,15,17)(H,16,19);1H. The summed E-state index contributed by atoms with van der Waals surface area (Å²) in [5.41, 5.74) is 0. The van der Waals surface area contributed by atoms with Crippen LogP contribution in [0.2, 0.25) is 0 Å². The zero-order valence-corrected chi connectivity index (χ0v) is 15.9. The minimum absolute atomic E-state index is 0. The Labute approximate surface area is 149 Å².